The van der Waals surface area contributed by atoms with Gasteiger partial charge in [-0.2, -0.15) is 0 Å². The van der Waals surface area contributed by atoms with Gasteiger partial charge < -0.3 is 15.4 Å². The van der Waals surface area contributed by atoms with E-state index in [9.17, 15) is 10.1 Å². The molecule has 0 amide bonds. The molecular formula is C18H28N4O3. The Morgan fingerprint density at radius 1 is 1.32 bits per heavy atom. The number of guanidine groups is 1. The van der Waals surface area contributed by atoms with E-state index in [1.165, 1.54) is 18.6 Å². The molecule has 0 radical (unpaired) electrons. The first-order valence-corrected chi connectivity index (χ1v) is 8.91. The lowest BCUT2D eigenvalue weighted by molar-refractivity contribution is -0.384. The molecule has 1 aliphatic heterocycles. The zero-order chi connectivity index (χ0) is 18.1. The maximum Gasteiger partial charge on any atom is 0.269 e. The molecule has 0 aliphatic carbocycles. The third-order valence-electron chi connectivity index (χ3n) is 4.02. The number of nitro groups is 1. The van der Waals surface area contributed by atoms with Crippen LogP contribution in [-0.2, 0) is 11.3 Å². The van der Waals surface area contributed by atoms with Gasteiger partial charge in [0.25, 0.3) is 5.69 Å². The molecular weight excluding hydrogens is 320 g/mol. The number of nitrogens with one attached hydrogen (secondary N) is 2. The Hall–Kier alpha value is -2.15. The largest absolute Gasteiger partial charge is 0.376 e. The summed E-state index contributed by atoms with van der Waals surface area (Å²) < 4.78 is 5.74. The number of benzene rings is 1. The van der Waals surface area contributed by atoms with Gasteiger partial charge in [0, 0.05) is 31.8 Å². The molecule has 1 unspecified atom stereocenters. The molecule has 25 heavy (non-hydrogen) atoms. The third kappa shape index (κ3) is 7.09. The molecule has 7 nitrogen and oxygen atoms in total. The first kappa shape index (κ1) is 19.2. The second-order valence-corrected chi connectivity index (χ2v) is 6.73. The van der Waals surface area contributed by atoms with Gasteiger partial charge in [-0.3, -0.25) is 10.1 Å². The molecule has 1 atom stereocenters. The second-order valence-electron chi connectivity index (χ2n) is 6.73. The van der Waals surface area contributed by atoms with Gasteiger partial charge in [0.05, 0.1) is 17.6 Å². The molecule has 1 aliphatic rings. The summed E-state index contributed by atoms with van der Waals surface area (Å²) in [5.41, 5.74) is 1.03. The molecule has 138 valence electrons. The highest BCUT2D eigenvalue weighted by Crippen LogP contribution is 2.13. The van der Waals surface area contributed by atoms with Crippen molar-refractivity contribution in [3.63, 3.8) is 0 Å². The Morgan fingerprint density at radius 3 is 2.68 bits per heavy atom. The summed E-state index contributed by atoms with van der Waals surface area (Å²) in [6.07, 6.45) is 3.66. The number of ether oxygens (including phenoxy) is 1. The number of non-ortho nitro benzene ring substituents is 1. The fraction of sp³-hybridized carbons (Fsp3) is 0.611. The Balaban J connectivity index is 1.92. The minimum Gasteiger partial charge on any atom is -0.376 e. The standard InChI is InChI=1S/C18H28N4O3/c1-14(2)11-19-18(21-13-17-5-3-4-10-25-17)20-12-15-6-8-16(9-7-15)22(23)24/h6-9,14,17H,3-5,10-13H2,1-2H3,(H2,19,20,21). The van der Waals surface area contributed by atoms with Crippen molar-refractivity contribution in [2.75, 3.05) is 19.7 Å². The van der Waals surface area contributed by atoms with Crippen molar-refractivity contribution >= 4 is 11.6 Å². The van der Waals surface area contributed by atoms with E-state index in [0.29, 0.717) is 12.5 Å². The van der Waals surface area contributed by atoms with Gasteiger partial charge in [0.2, 0.25) is 0 Å². The Labute approximate surface area is 149 Å². The van der Waals surface area contributed by atoms with Crippen LogP contribution in [0.4, 0.5) is 5.69 Å². The van der Waals surface area contributed by atoms with E-state index in [-0.39, 0.29) is 11.8 Å². The van der Waals surface area contributed by atoms with Gasteiger partial charge in [-0.25, -0.2) is 4.99 Å². The van der Waals surface area contributed by atoms with Crippen LogP contribution in [0.3, 0.4) is 0 Å². The summed E-state index contributed by atoms with van der Waals surface area (Å²) in [4.78, 5) is 14.9. The minimum absolute atomic E-state index is 0.0958. The van der Waals surface area contributed by atoms with E-state index in [2.05, 4.69) is 29.5 Å². The second kappa shape index (κ2) is 9.98. The molecule has 0 aromatic heterocycles. The summed E-state index contributed by atoms with van der Waals surface area (Å²) in [6.45, 7) is 7.16. The number of aliphatic imine (C=N–C) groups is 1. The molecule has 1 heterocycles. The van der Waals surface area contributed by atoms with Crippen LogP contribution in [0.15, 0.2) is 29.3 Å². The summed E-state index contributed by atoms with van der Waals surface area (Å²) in [5, 5.41) is 17.4. The van der Waals surface area contributed by atoms with Crippen LogP contribution in [-0.4, -0.2) is 36.7 Å². The Morgan fingerprint density at radius 2 is 2.08 bits per heavy atom. The molecule has 1 aromatic carbocycles. The first-order valence-electron chi connectivity index (χ1n) is 8.91. The monoisotopic (exact) mass is 348 g/mol. The maximum absolute atomic E-state index is 10.7. The van der Waals surface area contributed by atoms with E-state index in [1.54, 1.807) is 12.1 Å². The van der Waals surface area contributed by atoms with E-state index < -0.39 is 4.92 Å². The zero-order valence-corrected chi connectivity index (χ0v) is 15.0. The van der Waals surface area contributed by atoms with Crippen LogP contribution < -0.4 is 10.6 Å². The minimum atomic E-state index is -0.394. The molecule has 1 saturated heterocycles. The molecule has 1 aromatic rings. The molecule has 2 rings (SSSR count). The summed E-state index contributed by atoms with van der Waals surface area (Å²) in [7, 11) is 0. The number of nitro benzene ring substituents is 1. The van der Waals surface area contributed by atoms with Gasteiger partial charge in [-0.15, -0.1) is 0 Å². The smallest absolute Gasteiger partial charge is 0.269 e. The lowest BCUT2D eigenvalue weighted by Gasteiger charge is -2.24. The van der Waals surface area contributed by atoms with Crippen LogP contribution in [0.1, 0.15) is 38.7 Å². The van der Waals surface area contributed by atoms with Crippen LogP contribution in [0.5, 0.6) is 0 Å². The van der Waals surface area contributed by atoms with Gasteiger partial charge in [-0.05, 0) is 30.7 Å². The lowest BCUT2D eigenvalue weighted by Crippen LogP contribution is -2.43. The van der Waals surface area contributed by atoms with Crippen molar-refractivity contribution in [2.45, 2.75) is 45.8 Å². The van der Waals surface area contributed by atoms with Gasteiger partial charge in [0.1, 0.15) is 0 Å². The van der Waals surface area contributed by atoms with Crippen molar-refractivity contribution < 1.29 is 9.66 Å². The van der Waals surface area contributed by atoms with E-state index in [0.717, 1.165) is 44.1 Å². The lowest BCUT2D eigenvalue weighted by atomic mass is 10.1. The molecule has 1 fully saturated rings. The predicted octanol–water partition coefficient (Wildman–Crippen LogP) is 2.86. The fourth-order valence-electron chi connectivity index (χ4n) is 2.55. The maximum atomic E-state index is 10.7. The molecule has 0 bridgehead atoms. The highest BCUT2D eigenvalue weighted by atomic mass is 16.6. The molecule has 0 saturated carbocycles. The summed E-state index contributed by atoms with van der Waals surface area (Å²) in [5.74, 6) is 1.26. The van der Waals surface area contributed by atoms with E-state index in [1.807, 2.05) is 0 Å². The van der Waals surface area contributed by atoms with Crippen molar-refractivity contribution in [3.8, 4) is 0 Å². The zero-order valence-electron chi connectivity index (χ0n) is 15.0. The van der Waals surface area contributed by atoms with Crippen LogP contribution in [0, 0.1) is 16.0 Å². The van der Waals surface area contributed by atoms with Crippen molar-refractivity contribution in [2.24, 2.45) is 10.9 Å². The van der Waals surface area contributed by atoms with Crippen molar-refractivity contribution in [1.29, 1.82) is 0 Å². The molecule has 2 N–H and O–H groups in total. The molecule has 0 spiro atoms. The summed E-state index contributed by atoms with van der Waals surface area (Å²) in [6, 6.07) is 6.50. The number of nitrogens with zero attached hydrogens (tertiary/aromatic N) is 2. The third-order valence-corrected chi connectivity index (χ3v) is 4.02. The van der Waals surface area contributed by atoms with Crippen molar-refractivity contribution in [3.05, 3.63) is 39.9 Å². The quantitative estimate of drug-likeness (QED) is 0.342. The number of rotatable bonds is 7. The fourth-order valence-corrected chi connectivity index (χ4v) is 2.55. The number of hydrogen-bond donors (Lipinski definition) is 2. The van der Waals surface area contributed by atoms with Crippen LogP contribution in [0.2, 0.25) is 0 Å². The van der Waals surface area contributed by atoms with E-state index in [4.69, 9.17) is 4.74 Å². The van der Waals surface area contributed by atoms with Gasteiger partial charge in [0.15, 0.2) is 5.96 Å². The average molecular weight is 348 g/mol. The van der Waals surface area contributed by atoms with Gasteiger partial charge >= 0.3 is 0 Å². The SMILES string of the molecule is CC(C)CNC(=NCc1ccc([N+](=O)[O-])cc1)NCC1CCCCO1. The van der Waals surface area contributed by atoms with Crippen LogP contribution >= 0.6 is 0 Å². The average Bonchev–Trinajstić information content (AvgIpc) is 2.62. The normalized spacial score (nSPS) is 18.2. The highest BCUT2D eigenvalue weighted by molar-refractivity contribution is 5.79. The van der Waals surface area contributed by atoms with Gasteiger partial charge in [-0.1, -0.05) is 26.0 Å². The van der Waals surface area contributed by atoms with E-state index >= 15 is 0 Å². The topological polar surface area (TPSA) is 88.8 Å². The summed E-state index contributed by atoms with van der Waals surface area (Å²) >= 11 is 0. The number of hydrogen-bond acceptors (Lipinski definition) is 4. The Bertz CT molecular complexity index is 566. The van der Waals surface area contributed by atoms with Crippen molar-refractivity contribution in [1.82, 2.24) is 10.6 Å². The first-order chi connectivity index (χ1) is 12.0. The van der Waals surface area contributed by atoms with Crippen LogP contribution in [0.25, 0.3) is 0 Å². The molecule has 7 heteroatoms. The predicted molar refractivity (Wildman–Crippen MR) is 98.7 cm³/mol. The Kier molecular flexibility index (Phi) is 7.66. The highest BCUT2D eigenvalue weighted by Gasteiger charge is 2.14.